The molecule has 0 aromatic heterocycles. The van der Waals surface area contributed by atoms with E-state index in [4.69, 9.17) is 10.4 Å². The lowest BCUT2D eigenvalue weighted by atomic mass is 10.1. The van der Waals surface area contributed by atoms with Crippen LogP contribution in [0.5, 0.6) is 0 Å². The number of hydrogen-bond donors (Lipinski definition) is 1. The summed E-state index contributed by atoms with van der Waals surface area (Å²) in [5.41, 5.74) is -5.17. The maximum absolute atomic E-state index is 12.4. The number of carbonyl (C=O) groups is 1. The quantitative estimate of drug-likeness (QED) is 0.684. The second kappa shape index (κ2) is 5.95. The van der Waals surface area contributed by atoms with Crippen LogP contribution in [0.25, 0.3) is 0 Å². The summed E-state index contributed by atoms with van der Waals surface area (Å²) in [4.78, 5) is 10.9. The van der Waals surface area contributed by atoms with Crippen molar-refractivity contribution in [3.05, 3.63) is 28.8 Å². The van der Waals surface area contributed by atoms with Gasteiger partial charge in [-0.2, -0.15) is 18.4 Å². The number of aliphatic hydroxyl groups excluding tert-OH is 1. The number of rotatable bonds is 3. The van der Waals surface area contributed by atoms with Gasteiger partial charge in [-0.15, -0.1) is 0 Å². The monoisotopic (exact) mass is 291 g/mol. The third kappa shape index (κ3) is 3.87. The molecule has 0 unspecified atom stereocenters. The van der Waals surface area contributed by atoms with Gasteiger partial charge in [-0.3, -0.25) is 0 Å². The highest BCUT2D eigenvalue weighted by Crippen LogP contribution is 2.40. The normalized spacial score (nSPS) is 10.9. The molecule has 1 aromatic carbocycles. The van der Waals surface area contributed by atoms with E-state index in [2.05, 4.69) is 4.74 Å². The summed E-state index contributed by atoms with van der Waals surface area (Å²) in [5, 5.41) is 17.9. The van der Waals surface area contributed by atoms with E-state index in [0.717, 1.165) is 19.2 Å². The molecular formula is C11H8F3NO3S. The van der Waals surface area contributed by atoms with Crippen molar-refractivity contribution < 1.29 is 27.8 Å². The van der Waals surface area contributed by atoms with Crippen molar-refractivity contribution in [1.82, 2.24) is 0 Å². The van der Waals surface area contributed by atoms with Crippen LogP contribution >= 0.6 is 11.8 Å². The number of esters is 1. The Hall–Kier alpha value is -1.72. The Bertz CT molecular complexity index is 537. The minimum atomic E-state index is -4.59. The summed E-state index contributed by atoms with van der Waals surface area (Å²) in [6.45, 7) is -0.724. The molecule has 19 heavy (non-hydrogen) atoms. The van der Waals surface area contributed by atoms with E-state index < -0.39 is 34.7 Å². The van der Waals surface area contributed by atoms with Crippen LogP contribution in [0.15, 0.2) is 17.0 Å². The minimum Gasteiger partial charge on any atom is -0.465 e. The number of nitriles is 1. The summed E-state index contributed by atoms with van der Waals surface area (Å²) >= 11 is -0.503. The van der Waals surface area contributed by atoms with Crippen LogP contribution in [0.3, 0.4) is 0 Å². The molecule has 1 N–H and O–H groups in total. The SMILES string of the molecule is COC(=O)c1cc(C#N)c(SC(F)(F)F)c(CO)c1. The number of thioether (sulfide) groups is 1. The Kier molecular flexibility index (Phi) is 4.80. The molecule has 1 rings (SSSR count). The molecule has 1 aromatic rings. The average molecular weight is 291 g/mol. The summed E-state index contributed by atoms with van der Waals surface area (Å²) in [6, 6.07) is 3.64. The van der Waals surface area contributed by atoms with Crippen molar-refractivity contribution in [2.75, 3.05) is 7.11 Å². The number of methoxy groups -OCH3 is 1. The number of hydrogen-bond acceptors (Lipinski definition) is 5. The van der Waals surface area contributed by atoms with Gasteiger partial charge < -0.3 is 9.84 Å². The van der Waals surface area contributed by atoms with Crippen LogP contribution in [0.1, 0.15) is 21.5 Å². The fraction of sp³-hybridized carbons (Fsp3) is 0.273. The summed E-state index contributed by atoms with van der Waals surface area (Å²) < 4.78 is 41.6. The molecule has 0 saturated carbocycles. The first-order valence-electron chi connectivity index (χ1n) is 4.84. The molecule has 0 aliphatic carbocycles. The van der Waals surface area contributed by atoms with Gasteiger partial charge in [0.15, 0.2) is 0 Å². The second-order valence-electron chi connectivity index (χ2n) is 3.32. The van der Waals surface area contributed by atoms with Gasteiger partial charge in [0.2, 0.25) is 0 Å². The van der Waals surface area contributed by atoms with E-state index in [1.54, 1.807) is 6.07 Å². The third-order valence-corrected chi connectivity index (χ3v) is 3.01. The van der Waals surface area contributed by atoms with Crippen LogP contribution in [0.4, 0.5) is 13.2 Å². The maximum Gasteiger partial charge on any atom is 0.446 e. The third-order valence-electron chi connectivity index (χ3n) is 2.10. The molecule has 0 radical (unpaired) electrons. The largest absolute Gasteiger partial charge is 0.465 e. The number of ether oxygens (including phenoxy) is 1. The lowest BCUT2D eigenvalue weighted by molar-refractivity contribution is -0.0328. The molecule has 4 nitrogen and oxygen atoms in total. The zero-order valence-corrected chi connectivity index (χ0v) is 10.4. The van der Waals surface area contributed by atoms with Crippen LogP contribution < -0.4 is 0 Å². The van der Waals surface area contributed by atoms with Gasteiger partial charge in [0.05, 0.1) is 24.8 Å². The smallest absolute Gasteiger partial charge is 0.446 e. The summed E-state index contributed by atoms with van der Waals surface area (Å²) in [5.74, 6) is -0.797. The molecule has 0 bridgehead atoms. The molecule has 102 valence electrons. The Morgan fingerprint density at radius 3 is 2.58 bits per heavy atom. The number of carbonyl (C=O) groups excluding carboxylic acids is 1. The lowest BCUT2D eigenvalue weighted by Crippen LogP contribution is -2.07. The molecule has 0 heterocycles. The highest BCUT2D eigenvalue weighted by molar-refractivity contribution is 8.00. The predicted octanol–water partition coefficient (Wildman–Crippen LogP) is 2.45. The molecular weight excluding hydrogens is 283 g/mol. The highest BCUT2D eigenvalue weighted by Gasteiger charge is 2.32. The van der Waals surface area contributed by atoms with E-state index in [9.17, 15) is 18.0 Å². The Morgan fingerprint density at radius 1 is 1.53 bits per heavy atom. The van der Waals surface area contributed by atoms with Gasteiger partial charge in [0.1, 0.15) is 6.07 Å². The maximum atomic E-state index is 12.4. The number of nitrogens with zero attached hydrogens (tertiary/aromatic N) is 1. The zero-order chi connectivity index (χ0) is 14.6. The molecule has 0 aliphatic heterocycles. The Morgan fingerprint density at radius 2 is 2.16 bits per heavy atom. The topological polar surface area (TPSA) is 70.3 Å². The van der Waals surface area contributed by atoms with E-state index in [1.807, 2.05) is 0 Å². The van der Waals surface area contributed by atoms with Crippen molar-refractivity contribution in [3.63, 3.8) is 0 Å². The lowest BCUT2D eigenvalue weighted by Gasteiger charge is -2.12. The van der Waals surface area contributed by atoms with E-state index in [1.165, 1.54) is 0 Å². The number of alkyl halides is 3. The Labute approximate surface area is 110 Å². The molecule has 0 atom stereocenters. The fourth-order valence-corrected chi connectivity index (χ4v) is 2.06. The van der Waals surface area contributed by atoms with Crippen molar-refractivity contribution in [1.29, 1.82) is 5.26 Å². The predicted molar refractivity (Wildman–Crippen MR) is 60.3 cm³/mol. The van der Waals surface area contributed by atoms with Crippen molar-refractivity contribution in [2.45, 2.75) is 17.0 Å². The summed E-state index contributed by atoms with van der Waals surface area (Å²) in [6.07, 6.45) is 0. The van der Waals surface area contributed by atoms with Crippen LogP contribution in [-0.4, -0.2) is 23.7 Å². The van der Waals surface area contributed by atoms with E-state index in [0.29, 0.717) is 0 Å². The van der Waals surface area contributed by atoms with Gasteiger partial charge in [-0.25, -0.2) is 4.79 Å². The summed E-state index contributed by atoms with van der Waals surface area (Å²) in [7, 11) is 1.10. The molecule has 8 heteroatoms. The van der Waals surface area contributed by atoms with Crippen molar-refractivity contribution in [2.24, 2.45) is 0 Å². The number of benzene rings is 1. The van der Waals surface area contributed by atoms with E-state index >= 15 is 0 Å². The van der Waals surface area contributed by atoms with Crippen molar-refractivity contribution >= 4 is 17.7 Å². The van der Waals surface area contributed by atoms with E-state index in [-0.39, 0.29) is 16.7 Å². The average Bonchev–Trinajstić information content (AvgIpc) is 2.36. The minimum absolute atomic E-state index is 0.0883. The second-order valence-corrected chi connectivity index (χ2v) is 4.40. The zero-order valence-electron chi connectivity index (χ0n) is 9.61. The molecule has 0 aliphatic rings. The van der Waals surface area contributed by atoms with Crippen LogP contribution in [0.2, 0.25) is 0 Å². The first-order valence-corrected chi connectivity index (χ1v) is 5.66. The van der Waals surface area contributed by atoms with Gasteiger partial charge >= 0.3 is 11.5 Å². The van der Waals surface area contributed by atoms with Crippen LogP contribution in [0, 0.1) is 11.3 Å². The fourth-order valence-electron chi connectivity index (χ4n) is 1.36. The molecule has 0 saturated heterocycles. The van der Waals surface area contributed by atoms with Gasteiger partial charge in [-0.05, 0) is 29.5 Å². The van der Waals surface area contributed by atoms with Crippen molar-refractivity contribution in [3.8, 4) is 6.07 Å². The Balaban J connectivity index is 3.39. The van der Waals surface area contributed by atoms with Crippen LogP contribution in [-0.2, 0) is 11.3 Å². The standard InChI is InChI=1S/C11H8F3NO3S/c1-18-10(17)6-2-7(4-15)9(8(3-6)5-16)19-11(12,13)14/h2-3,16H,5H2,1H3. The first kappa shape index (κ1) is 15.3. The molecule has 0 fully saturated rings. The number of halogens is 3. The molecule has 0 spiro atoms. The van der Waals surface area contributed by atoms with Gasteiger partial charge in [0.25, 0.3) is 0 Å². The van der Waals surface area contributed by atoms with Gasteiger partial charge in [0, 0.05) is 4.90 Å². The number of aliphatic hydroxyl groups is 1. The highest BCUT2D eigenvalue weighted by atomic mass is 32.2. The first-order chi connectivity index (χ1) is 8.82. The van der Waals surface area contributed by atoms with Gasteiger partial charge in [-0.1, -0.05) is 0 Å². The molecule has 0 amide bonds.